The maximum atomic E-state index is 13.1. The van der Waals surface area contributed by atoms with E-state index in [-0.39, 0.29) is 23.5 Å². The third kappa shape index (κ3) is 4.67. The number of amides is 1. The van der Waals surface area contributed by atoms with E-state index in [1.807, 2.05) is 32.2 Å². The van der Waals surface area contributed by atoms with Gasteiger partial charge in [-0.25, -0.2) is 4.39 Å². The predicted molar refractivity (Wildman–Crippen MR) is 105 cm³/mol. The molecular weight excluding hydrogens is 387 g/mol. The third-order valence-corrected chi connectivity index (χ3v) is 5.38. The minimum absolute atomic E-state index is 0.126. The highest BCUT2D eigenvalue weighted by molar-refractivity contribution is 7.99. The molecule has 1 aromatic heterocycles. The van der Waals surface area contributed by atoms with Crippen LogP contribution in [0.5, 0.6) is 0 Å². The number of nitrogens with zero attached hydrogens (tertiary/aromatic N) is 3. The fraction of sp³-hybridized carbons (Fsp3) is 0.211. The largest absolute Gasteiger partial charge is 0.349 e. The number of thioether (sulfide) groups is 1. The molecule has 27 heavy (non-hydrogen) atoms. The highest BCUT2D eigenvalue weighted by Crippen LogP contribution is 2.24. The van der Waals surface area contributed by atoms with Crippen molar-refractivity contribution in [1.82, 2.24) is 20.1 Å². The van der Waals surface area contributed by atoms with E-state index >= 15 is 0 Å². The van der Waals surface area contributed by atoms with Crippen molar-refractivity contribution < 1.29 is 9.18 Å². The Bertz CT molecular complexity index is 945. The number of rotatable bonds is 6. The monoisotopic (exact) mass is 404 g/mol. The summed E-state index contributed by atoms with van der Waals surface area (Å²) in [6.45, 7) is 1.89. The molecule has 1 atom stereocenters. The van der Waals surface area contributed by atoms with Crippen molar-refractivity contribution in [2.45, 2.75) is 18.1 Å². The second-order valence-electron chi connectivity index (χ2n) is 5.97. The number of hydrogen-bond acceptors (Lipinski definition) is 4. The lowest BCUT2D eigenvalue weighted by Crippen LogP contribution is -2.28. The molecule has 0 bridgehead atoms. The first-order valence-corrected chi connectivity index (χ1v) is 9.64. The molecule has 0 radical (unpaired) electrons. The van der Waals surface area contributed by atoms with Crippen LogP contribution in [0, 0.1) is 5.82 Å². The first kappa shape index (κ1) is 19.4. The first-order valence-electron chi connectivity index (χ1n) is 8.27. The molecule has 3 rings (SSSR count). The Morgan fingerprint density at radius 1 is 1.22 bits per heavy atom. The molecule has 0 aliphatic carbocycles. The van der Waals surface area contributed by atoms with Crippen molar-refractivity contribution in [2.75, 3.05) is 5.75 Å². The molecule has 3 aromatic rings. The van der Waals surface area contributed by atoms with Crippen LogP contribution in [0.1, 0.15) is 18.5 Å². The fourth-order valence-electron chi connectivity index (χ4n) is 2.61. The average Bonchev–Trinajstić information content (AvgIpc) is 3.01. The Morgan fingerprint density at radius 3 is 2.63 bits per heavy atom. The van der Waals surface area contributed by atoms with Crippen LogP contribution in [0.2, 0.25) is 5.02 Å². The van der Waals surface area contributed by atoms with E-state index in [4.69, 9.17) is 11.6 Å². The summed E-state index contributed by atoms with van der Waals surface area (Å²) < 4.78 is 14.9. The van der Waals surface area contributed by atoms with Gasteiger partial charge in [0.1, 0.15) is 5.82 Å². The lowest BCUT2D eigenvalue weighted by molar-refractivity contribution is -0.119. The van der Waals surface area contributed by atoms with E-state index in [0.717, 1.165) is 11.1 Å². The van der Waals surface area contributed by atoms with Crippen molar-refractivity contribution in [3.8, 4) is 11.4 Å². The van der Waals surface area contributed by atoms with Crippen LogP contribution < -0.4 is 5.32 Å². The lowest BCUT2D eigenvalue weighted by atomic mass is 10.1. The molecule has 0 aliphatic rings. The van der Waals surface area contributed by atoms with E-state index in [9.17, 15) is 9.18 Å². The van der Waals surface area contributed by atoms with Gasteiger partial charge in [0, 0.05) is 17.6 Å². The fourth-order valence-corrected chi connectivity index (χ4v) is 3.63. The summed E-state index contributed by atoms with van der Waals surface area (Å²) >= 11 is 7.45. The predicted octanol–water partition coefficient (Wildman–Crippen LogP) is 4.24. The standard InChI is InChI=1S/C19H18ClFN4OS/c1-12(15-5-3-4-6-16(15)20)22-17(26)11-27-19-24-23-18(25(19)2)13-7-9-14(21)10-8-13/h3-10,12H,11H2,1-2H3,(H,22,26)/t12-/m1/s1. The SMILES string of the molecule is C[C@@H](NC(=O)CSc1nnc(-c2ccc(F)cc2)n1C)c1ccccc1Cl. The zero-order chi connectivity index (χ0) is 19.4. The molecule has 1 N–H and O–H groups in total. The smallest absolute Gasteiger partial charge is 0.230 e. The van der Waals surface area contributed by atoms with Gasteiger partial charge < -0.3 is 9.88 Å². The maximum absolute atomic E-state index is 13.1. The summed E-state index contributed by atoms with van der Waals surface area (Å²) in [5.41, 5.74) is 1.63. The van der Waals surface area contributed by atoms with Crippen LogP contribution in [-0.2, 0) is 11.8 Å². The van der Waals surface area contributed by atoms with Crippen LogP contribution in [0.4, 0.5) is 4.39 Å². The Labute approximate surface area is 166 Å². The zero-order valence-electron chi connectivity index (χ0n) is 14.8. The van der Waals surface area contributed by atoms with E-state index < -0.39 is 0 Å². The van der Waals surface area contributed by atoms with E-state index in [0.29, 0.717) is 16.0 Å². The molecule has 0 saturated heterocycles. The number of carbonyl (C=O) groups is 1. The van der Waals surface area contributed by atoms with E-state index in [1.54, 1.807) is 22.8 Å². The van der Waals surface area contributed by atoms with Crippen LogP contribution in [-0.4, -0.2) is 26.4 Å². The van der Waals surface area contributed by atoms with Crippen LogP contribution in [0.25, 0.3) is 11.4 Å². The third-order valence-electron chi connectivity index (χ3n) is 4.02. The second kappa shape index (κ2) is 8.54. The Morgan fingerprint density at radius 2 is 1.93 bits per heavy atom. The van der Waals surface area contributed by atoms with Gasteiger partial charge >= 0.3 is 0 Å². The van der Waals surface area contributed by atoms with Crippen LogP contribution >= 0.6 is 23.4 Å². The molecule has 2 aromatic carbocycles. The minimum Gasteiger partial charge on any atom is -0.349 e. The van der Waals surface area contributed by atoms with Crippen molar-refractivity contribution in [3.63, 3.8) is 0 Å². The maximum Gasteiger partial charge on any atom is 0.230 e. The summed E-state index contributed by atoms with van der Waals surface area (Å²) in [7, 11) is 1.81. The molecular formula is C19H18ClFN4OS. The number of nitrogens with one attached hydrogen (secondary N) is 1. The zero-order valence-corrected chi connectivity index (χ0v) is 16.4. The lowest BCUT2D eigenvalue weighted by Gasteiger charge is -2.15. The number of hydrogen-bond donors (Lipinski definition) is 1. The van der Waals surface area contributed by atoms with Gasteiger partial charge in [0.15, 0.2) is 11.0 Å². The summed E-state index contributed by atoms with van der Waals surface area (Å²) in [5, 5.41) is 12.4. The van der Waals surface area contributed by atoms with Gasteiger partial charge in [-0.2, -0.15) is 0 Å². The Kier molecular flexibility index (Phi) is 6.13. The van der Waals surface area contributed by atoms with Crippen molar-refractivity contribution in [3.05, 3.63) is 64.9 Å². The number of halogens is 2. The summed E-state index contributed by atoms with van der Waals surface area (Å²) in [4.78, 5) is 12.3. The van der Waals surface area contributed by atoms with Crippen LogP contribution in [0.15, 0.2) is 53.7 Å². The Balaban J connectivity index is 1.61. The summed E-state index contributed by atoms with van der Waals surface area (Å²) in [6.07, 6.45) is 0. The molecule has 0 saturated carbocycles. The van der Waals surface area contributed by atoms with Gasteiger partial charge in [-0.1, -0.05) is 41.6 Å². The van der Waals surface area contributed by atoms with Gasteiger partial charge in [-0.15, -0.1) is 10.2 Å². The number of benzene rings is 2. The van der Waals surface area contributed by atoms with E-state index in [1.165, 1.54) is 23.9 Å². The summed E-state index contributed by atoms with van der Waals surface area (Å²) in [6, 6.07) is 13.3. The second-order valence-corrected chi connectivity index (χ2v) is 7.32. The average molecular weight is 405 g/mol. The Hall–Kier alpha value is -2.38. The normalized spacial score (nSPS) is 12.0. The molecule has 140 valence electrons. The van der Waals surface area contributed by atoms with Gasteiger partial charge in [0.2, 0.25) is 5.91 Å². The highest BCUT2D eigenvalue weighted by Gasteiger charge is 2.15. The van der Waals surface area contributed by atoms with Crippen LogP contribution in [0.3, 0.4) is 0 Å². The van der Waals surface area contributed by atoms with Crippen molar-refractivity contribution in [2.24, 2.45) is 7.05 Å². The summed E-state index contributed by atoms with van der Waals surface area (Å²) in [5.74, 6) is 0.380. The number of carbonyl (C=O) groups excluding carboxylic acids is 1. The molecule has 8 heteroatoms. The minimum atomic E-state index is -0.306. The van der Waals surface area contributed by atoms with Crippen molar-refractivity contribution in [1.29, 1.82) is 0 Å². The quantitative estimate of drug-likeness (QED) is 0.624. The molecule has 0 aliphatic heterocycles. The molecule has 1 amide bonds. The van der Waals surface area contributed by atoms with E-state index in [2.05, 4.69) is 15.5 Å². The first-order chi connectivity index (χ1) is 13.0. The molecule has 0 unspecified atom stereocenters. The van der Waals surface area contributed by atoms with Gasteiger partial charge in [0.25, 0.3) is 0 Å². The molecule has 0 spiro atoms. The molecule has 1 heterocycles. The highest BCUT2D eigenvalue weighted by atomic mass is 35.5. The number of aromatic nitrogens is 3. The van der Waals surface area contributed by atoms with Gasteiger partial charge in [-0.05, 0) is 42.8 Å². The van der Waals surface area contributed by atoms with Gasteiger partial charge in [0.05, 0.1) is 11.8 Å². The molecule has 0 fully saturated rings. The van der Waals surface area contributed by atoms with Gasteiger partial charge in [-0.3, -0.25) is 4.79 Å². The topological polar surface area (TPSA) is 59.8 Å². The molecule has 5 nitrogen and oxygen atoms in total. The van der Waals surface area contributed by atoms with Crippen molar-refractivity contribution >= 4 is 29.3 Å².